The Hall–Kier alpha value is -12.2. The summed E-state index contributed by atoms with van der Waals surface area (Å²) in [6.45, 7) is 8.67. The fourth-order valence-electron chi connectivity index (χ4n) is 14.3. The summed E-state index contributed by atoms with van der Waals surface area (Å²) >= 11 is 0. The van der Waals surface area contributed by atoms with Gasteiger partial charge in [0.05, 0.1) is 0 Å². The summed E-state index contributed by atoms with van der Waals surface area (Å²) < 4.78 is 0. The van der Waals surface area contributed by atoms with Gasteiger partial charge < -0.3 is 19.6 Å². The summed E-state index contributed by atoms with van der Waals surface area (Å²) in [6.07, 6.45) is 0. The Morgan fingerprint density at radius 2 is 0.344 bits per heavy atom. The molecule has 16 aromatic rings. The van der Waals surface area contributed by atoms with Crippen LogP contribution in [0.3, 0.4) is 0 Å². The standard InChI is InChI=1S/C92H70N4/c1-63-21-17-33-79(57-63)95(80-34-18-22-64(2)58-80)77-49-41-69(42-50-77)89-61-87(67-37-45-75(46-38-67)93(71-25-9-5-10-26-71)72-27-11-6-12-28-72)83-54-56-86-90(70-43-51-78(52-44-70)96(81-35-19-23-65(3)59-81)82-36-20-24-66(4)60-82)62-88(84-53-55-85(89)91(83)92(84)86)68-39-47-76(48-40-68)94(73-29-13-7-14-30-73)74-31-15-8-16-32-74/h5-62H,1-4H3. The molecule has 16 aromatic carbocycles. The monoisotopic (exact) mass is 1230 g/mol. The molecule has 0 aliphatic carbocycles. The zero-order valence-electron chi connectivity index (χ0n) is 54.3. The van der Waals surface area contributed by atoms with Crippen LogP contribution in [0.1, 0.15) is 22.3 Å². The summed E-state index contributed by atoms with van der Waals surface area (Å²) in [5, 5.41) is 7.28. The van der Waals surface area contributed by atoms with E-state index >= 15 is 0 Å². The molecule has 0 aliphatic heterocycles. The maximum absolute atomic E-state index is 2.45. The number of para-hydroxylation sites is 4. The Labute approximate surface area is 563 Å². The zero-order valence-corrected chi connectivity index (χ0v) is 54.3. The maximum Gasteiger partial charge on any atom is 0.0464 e. The van der Waals surface area contributed by atoms with Gasteiger partial charge in [-0.1, -0.05) is 194 Å². The molecule has 0 radical (unpaired) electrons. The van der Waals surface area contributed by atoms with E-state index < -0.39 is 0 Å². The van der Waals surface area contributed by atoms with Gasteiger partial charge in [0.15, 0.2) is 0 Å². The molecule has 458 valence electrons. The average Bonchev–Trinajstić information content (AvgIpc) is 0.708. The Morgan fingerprint density at radius 1 is 0.156 bits per heavy atom. The predicted octanol–water partition coefficient (Wildman–Crippen LogP) is 26.4. The molecule has 0 unspecified atom stereocenters. The van der Waals surface area contributed by atoms with E-state index in [1.54, 1.807) is 0 Å². The lowest BCUT2D eigenvalue weighted by atomic mass is 9.82. The Balaban J connectivity index is 0.921. The molecule has 0 heterocycles. The highest BCUT2D eigenvalue weighted by Crippen LogP contribution is 2.51. The number of hydrogen-bond acceptors (Lipinski definition) is 4. The van der Waals surface area contributed by atoms with Crippen LogP contribution in [0.4, 0.5) is 68.2 Å². The molecular formula is C92H70N4. The van der Waals surface area contributed by atoms with Crippen molar-refractivity contribution in [1.82, 2.24) is 0 Å². The van der Waals surface area contributed by atoms with Crippen LogP contribution in [0.2, 0.25) is 0 Å². The third-order valence-corrected chi connectivity index (χ3v) is 18.7. The largest absolute Gasteiger partial charge is 0.311 e. The first-order valence-electron chi connectivity index (χ1n) is 33.1. The van der Waals surface area contributed by atoms with Crippen molar-refractivity contribution in [3.8, 4) is 44.5 Å². The minimum absolute atomic E-state index is 1.08. The number of nitrogens with zero attached hydrogens (tertiary/aromatic N) is 4. The highest BCUT2D eigenvalue weighted by Gasteiger charge is 2.24. The van der Waals surface area contributed by atoms with Crippen LogP contribution >= 0.6 is 0 Å². The summed E-state index contributed by atoms with van der Waals surface area (Å²) in [5.74, 6) is 0. The van der Waals surface area contributed by atoms with Gasteiger partial charge in [-0.15, -0.1) is 0 Å². The third kappa shape index (κ3) is 11.2. The van der Waals surface area contributed by atoms with Crippen molar-refractivity contribution in [2.75, 3.05) is 19.6 Å². The number of hydrogen-bond donors (Lipinski definition) is 0. The molecule has 0 spiro atoms. The van der Waals surface area contributed by atoms with E-state index in [1.807, 2.05) is 0 Å². The molecule has 0 bridgehead atoms. The molecule has 96 heavy (non-hydrogen) atoms. The summed E-state index contributed by atoms with van der Waals surface area (Å²) in [7, 11) is 0. The van der Waals surface area contributed by atoms with Gasteiger partial charge in [0.1, 0.15) is 0 Å². The predicted molar refractivity (Wildman–Crippen MR) is 410 cm³/mol. The first-order valence-corrected chi connectivity index (χ1v) is 33.1. The summed E-state index contributed by atoms with van der Waals surface area (Å²) in [6, 6.07) is 129. The second-order valence-corrected chi connectivity index (χ2v) is 25.2. The minimum atomic E-state index is 1.08. The Morgan fingerprint density at radius 3 is 0.552 bits per heavy atom. The number of aryl methyl sites for hydroxylation is 4. The van der Waals surface area contributed by atoms with Crippen LogP contribution in [0.5, 0.6) is 0 Å². The molecular weight excluding hydrogens is 1160 g/mol. The lowest BCUT2D eigenvalue weighted by Crippen LogP contribution is -2.10. The minimum Gasteiger partial charge on any atom is -0.311 e. The number of anilines is 12. The van der Waals surface area contributed by atoms with E-state index in [0.29, 0.717) is 0 Å². The SMILES string of the molecule is Cc1cccc(N(c2ccc(-c3cc(-c4ccc(N(c5ccccc5)c5ccccc5)cc4)c4ccc5c(-c6ccc(N(c7cccc(C)c7)c7cccc(C)c7)cc6)cc(-c6ccc(N(c7ccccc7)c7ccccc7)cc6)c6ccc3c4c65)cc2)c2cccc(C)c2)c1. The third-order valence-electron chi connectivity index (χ3n) is 18.7. The van der Waals surface area contributed by atoms with Crippen LogP contribution in [0.15, 0.2) is 352 Å². The van der Waals surface area contributed by atoms with Gasteiger partial charge in [0.2, 0.25) is 0 Å². The molecule has 4 nitrogen and oxygen atoms in total. The van der Waals surface area contributed by atoms with Crippen molar-refractivity contribution >= 4 is 101 Å². The van der Waals surface area contributed by atoms with Crippen LogP contribution in [0.25, 0.3) is 76.8 Å². The Kier molecular flexibility index (Phi) is 15.5. The van der Waals surface area contributed by atoms with Crippen molar-refractivity contribution in [3.63, 3.8) is 0 Å². The van der Waals surface area contributed by atoms with E-state index in [4.69, 9.17) is 0 Å². The second kappa shape index (κ2) is 25.3. The normalized spacial score (nSPS) is 11.3. The van der Waals surface area contributed by atoms with E-state index in [-0.39, 0.29) is 0 Å². The van der Waals surface area contributed by atoms with Crippen molar-refractivity contribution in [1.29, 1.82) is 0 Å². The van der Waals surface area contributed by atoms with Gasteiger partial charge >= 0.3 is 0 Å². The topological polar surface area (TPSA) is 13.0 Å². The Bertz CT molecular complexity index is 4910. The molecule has 4 heteroatoms. The van der Waals surface area contributed by atoms with Crippen molar-refractivity contribution < 1.29 is 0 Å². The van der Waals surface area contributed by atoms with Crippen LogP contribution in [0, 0.1) is 27.7 Å². The lowest BCUT2D eigenvalue weighted by molar-refractivity contribution is 1.26. The van der Waals surface area contributed by atoms with Crippen LogP contribution in [-0.4, -0.2) is 0 Å². The number of benzene rings is 16. The highest BCUT2D eigenvalue weighted by molar-refractivity contribution is 6.32. The van der Waals surface area contributed by atoms with Gasteiger partial charge in [-0.2, -0.15) is 0 Å². The van der Waals surface area contributed by atoms with E-state index in [9.17, 15) is 0 Å². The van der Waals surface area contributed by atoms with Gasteiger partial charge in [-0.05, 0) is 284 Å². The smallest absolute Gasteiger partial charge is 0.0464 e. The molecule has 16 rings (SSSR count). The fourth-order valence-corrected chi connectivity index (χ4v) is 14.3. The molecule has 0 atom stereocenters. The van der Waals surface area contributed by atoms with Gasteiger partial charge in [0.25, 0.3) is 0 Å². The molecule has 0 amide bonds. The molecule has 0 saturated heterocycles. The summed E-state index contributed by atoms with van der Waals surface area (Å²) in [4.78, 5) is 9.42. The molecule has 0 saturated carbocycles. The first kappa shape index (κ1) is 58.8. The highest BCUT2D eigenvalue weighted by atomic mass is 15.2. The molecule has 0 fully saturated rings. The van der Waals surface area contributed by atoms with Crippen molar-refractivity contribution in [3.05, 3.63) is 374 Å². The zero-order chi connectivity index (χ0) is 64.6. The number of rotatable bonds is 16. The maximum atomic E-state index is 2.45. The van der Waals surface area contributed by atoms with Crippen LogP contribution < -0.4 is 19.6 Å². The van der Waals surface area contributed by atoms with Crippen molar-refractivity contribution in [2.24, 2.45) is 0 Å². The van der Waals surface area contributed by atoms with Gasteiger partial charge in [-0.25, -0.2) is 0 Å². The van der Waals surface area contributed by atoms with E-state index in [1.165, 1.54) is 76.8 Å². The van der Waals surface area contributed by atoms with Crippen molar-refractivity contribution in [2.45, 2.75) is 27.7 Å². The van der Waals surface area contributed by atoms with Gasteiger partial charge in [0, 0.05) is 68.2 Å². The average molecular weight is 1230 g/mol. The lowest BCUT2D eigenvalue weighted by Gasteiger charge is -2.27. The molecule has 0 aliphatic rings. The second-order valence-electron chi connectivity index (χ2n) is 25.2. The molecule has 0 N–H and O–H groups in total. The summed E-state index contributed by atoms with van der Waals surface area (Å²) in [5.41, 5.74) is 27.3. The quantitative estimate of drug-likeness (QED) is 0.0894. The van der Waals surface area contributed by atoms with Crippen LogP contribution in [-0.2, 0) is 0 Å². The first-order chi connectivity index (χ1) is 47.2. The van der Waals surface area contributed by atoms with E-state index in [2.05, 4.69) is 399 Å². The fraction of sp³-hybridized carbons (Fsp3) is 0.0435. The van der Waals surface area contributed by atoms with Gasteiger partial charge in [-0.3, -0.25) is 0 Å². The molecule has 0 aromatic heterocycles. The van der Waals surface area contributed by atoms with E-state index in [0.717, 1.165) is 90.5 Å².